The molecule has 0 saturated heterocycles. The predicted octanol–water partition coefficient (Wildman–Crippen LogP) is 3.74. The molecule has 3 rings (SSSR count). The van der Waals surface area contributed by atoms with Crippen LogP contribution in [-0.2, 0) is 32.2 Å². The van der Waals surface area contributed by atoms with Crippen LogP contribution in [0.3, 0.4) is 0 Å². The van der Waals surface area contributed by atoms with Crippen molar-refractivity contribution in [3.8, 4) is 0 Å². The van der Waals surface area contributed by atoms with Crippen molar-refractivity contribution >= 4 is 5.97 Å². The molecule has 4 atom stereocenters. The molecule has 156 valence electrons. The van der Waals surface area contributed by atoms with Gasteiger partial charge in [-0.25, -0.2) is 0 Å². The average molecular weight is 398 g/mol. The van der Waals surface area contributed by atoms with Gasteiger partial charge in [0, 0.05) is 6.92 Å². The highest BCUT2D eigenvalue weighted by Gasteiger charge is 2.38. The first-order chi connectivity index (χ1) is 14.1. The Kier molecular flexibility index (Phi) is 8.23. The molecule has 0 radical (unpaired) electrons. The lowest BCUT2D eigenvalue weighted by atomic mass is 9.77. The van der Waals surface area contributed by atoms with E-state index < -0.39 is 12.2 Å². The third-order valence-corrected chi connectivity index (χ3v) is 5.38. The van der Waals surface area contributed by atoms with Gasteiger partial charge in [-0.1, -0.05) is 60.7 Å². The van der Waals surface area contributed by atoms with Gasteiger partial charge in [0.25, 0.3) is 0 Å². The van der Waals surface area contributed by atoms with E-state index in [-0.39, 0.29) is 17.8 Å². The molecular formula is C24H30O5. The fourth-order valence-corrected chi connectivity index (χ4v) is 3.86. The van der Waals surface area contributed by atoms with E-state index in [4.69, 9.17) is 14.2 Å². The quantitative estimate of drug-likeness (QED) is 0.652. The molecule has 0 heterocycles. The van der Waals surface area contributed by atoms with Crippen LogP contribution in [0.4, 0.5) is 0 Å². The lowest BCUT2D eigenvalue weighted by molar-refractivity contribution is -0.161. The van der Waals surface area contributed by atoms with Gasteiger partial charge in [0.05, 0.1) is 32.5 Å². The van der Waals surface area contributed by atoms with Crippen molar-refractivity contribution in [2.45, 2.75) is 45.2 Å². The maximum absolute atomic E-state index is 11.4. The van der Waals surface area contributed by atoms with Crippen LogP contribution in [0.15, 0.2) is 60.7 Å². The Morgan fingerprint density at radius 1 is 0.862 bits per heavy atom. The van der Waals surface area contributed by atoms with Gasteiger partial charge < -0.3 is 19.3 Å². The standard InChI is InChI=1S/C24H30O5/c1-18(25)29-24-13-22(17-28-15-20-10-6-3-7-11-20)21(12-23(24)26)16-27-14-19-8-4-2-5-9-19/h2-11,21-24,26H,12-17H2,1H3/t21-,22+,23+,24+/m1/s1. The minimum absolute atomic E-state index is 0.149. The van der Waals surface area contributed by atoms with E-state index in [1.165, 1.54) is 6.92 Å². The molecule has 0 aromatic heterocycles. The fraction of sp³-hybridized carbons (Fsp3) is 0.458. The summed E-state index contributed by atoms with van der Waals surface area (Å²) in [6, 6.07) is 20.1. The molecule has 1 aliphatic carbocycles. The number of hydrogen-bond acceptors (Lipinski definition) is 5. The Balaban J connectivity index is 1.55. The Morgan fingerprint density at radius 2 is 1.34 bits per heavy atom. The largest absolute Gasteiger partial charge is 0.460 e. The van der Waals surface area contributed by atoms with Crippen LogP contribution in [0.2, 0.25) is 0 Å². The first-order valence-electron chi connectivity index (χ1n) is 10.2. The highest BCUT2D eigenvalue weighted by atomic mass is 16.6. The van der Waals surface area contributed by atoms with Crippen molar-refractivity contribution in [2.75, 3.05) is 13.2 Å². The number of hydrogen-bond donors (Lipinski definition) is 1. The van der Waals surface area contributed by atoms with Gasteiger partial charge >= 0.3 is 5.97 Å². The molecule has 0 bridgehead atoms. The maximum Gasteiger partial charge on any atom is 0.302 e. The summed E-state index contributed by atoms with van der Waals surface area (Å²) in [5.41, 5.74) is 2.25. The van der Waals surface area contributed by atoms with E-state index in [1.54, 1.807) is 0 Å². The van der Waals surface area contributed by atoms with E-state index in [0.29, 0.717) is 39.3 Å². The minimum atomic E-state index is -0.672. The van der Waals surface area contributed by atoms with Crippen molar-refractivity contribution < 1.29 is 24.1 Å². The van der Waals surface area contributed by atoms with Gasteiger partial charge in [-0.15, -0.1) is 0 Å². The maximum atomic E-state index is 11.4. The summed E-state index contributed by atoms with van der Waals surface area (Å²) >= 11 is 0. The smallest absolute Gasteiger partial charge is 0.302 e. The third kappa shape index (κ3) is 6.96. The molecule has 0 aliphatic heterocycles. The molecular weight excluding hydrogens is 368 g/mol. The van der Waals surface area contributed by atoms with E-state index in [2.05, 4.69) is 0 Å². The van der Waals surface area contributed by atoms with Crippen molar-refractivity contribution in [1.82, 2.24) is 0 Å². The molecule has 0 unspecified atom stereocenters. The van der Waals surface area contributed by atoms with E-state index in [9.17, 15) is 9.90 Å². The summed E-state index contributed by atoms with van der Waals surface area (Å²) in [4.78, 5) is 11.4. The molecule has 1 fully saturated rings. The van der Waals surface area contributed by atoms with Crippen LogP contribution in [0.25, 0.3) is 0 Å². The SMILES string of the molecule is CC(=O)O[C@H]1C[C@@H](COCc2ccccc2)[C@@H](COCc2ccccc2)C[C@@H]1O. The number of aliphatic hydroxyl groups is 1. The second-order valence-corrected chi connectivity index (χ2v) is 7.71. The molecule has 5 heteroatoms. The number of esters is 1. The molecule has 2 aromatic carbocycles. The number of carbonyl (C=O) groups excluding carboxylic acids is 1. The number of benzene rings is 2. The van der Waals surface area contributed by atoms with E-state index in [0.717, 1.165) is 11.1 Å². The average Bonchev–Trinajstić information content (AvgIpc) is 2.72. The van der Waals surface area contributed by atoms with Crippen LogP contribution in [0.5, 0.6) is 0 Å². The predicted molar refractivity (Wildman–Crippen MR) is 110 cm³/mol. The van der Waals surface area contributed by atoms with Gasteiger partial charge in [0.2, 0.25) is 0 Å². The first-order valence-corrected chi connectivity index (χ1v) is 10.2. The summed E-state index contributed by atoms with van der Waals surface area (Å²) < 4.78 is 17.2. The van der Waals surface area contributed by atoms with Crippen molar-refractivity contribution in [2.24, 2.45) is 11.8 Å². The van der Waals surface area contributed by atoms with Crippen LogP contribution >= 0.6 is 0 Å². The lowest BCUT2D eigenvalue weighted by Crippen LogP contribution is -2.44. The normalized spacial score (nSPS) is 24.2. The molecule has 29 heavy (non-hydrogen) atoms. The summed E-state index contributed by atoms with van der Waals surface area (Å²) in [6.45, 7) is 3.54. The zero-order valence-corrected chi connectivity index (χ0v) is 16.9. The lowest BCUT2D eigenvalue weighted by Gasteiger charge is -2.38. The van der Waals surface area contributed by atoms with Crippen molar-refractivity contribution in [1.29, 1.82) is 0 Å². The topological polar surface area (TPSA) is 65.0 Å². The Hall–Kier alpha value is -2.21. The number of aliphatic hydroxyl groups excluding tert-OH is 1. The fourth-order valence-electron chi connectivity index (χ4n) is 3.86. The molecule has 0 spiro atoms. The molecule has 0 amide bonds. The summed E-state index contributed by atoms with van der Waals surface area (Å²) in [5.74, 6) is -0.0599. The van der Waals surface area contributed by atoms with Gasteiger partial charge in [-0.3, -0.25) is 4.79 Å². The molecule has 2 aromatic rings. The Morgan fingerprint density at radius 3 is 1.83 bits per heavy atom. The molecule has 5 nitrogen and oxygen atoms in total. The summed E-state index contributed by atoms with van der Waals surface area (Å²) in [5, 5.41) is 10.5. The molecule has 1 aliphatic rings. The number of carbonyl (C=O) groups is 1. The van der Waals surface area contributed by atoms with Crippen LogP contribution in [0.1, 0.15) is 30.9 Å². The summed E-state index contributed by atoms with van der Waals surface area (Å²) in [6.07, 6.45) is -0.0427. The van der Waals surface area contributed by atoms with Crippen LogP contribution in [0, 0.1) is 11.8 Å². The Bertz CT molecular complexity index is 733. The van der Waals surface area contributed by atoms with Gasteiger partial charge in [-0.05, 0) is 35.8 Å². The van der Waals surface area contributed by atoms with Crippen molar-refractivity contribution in [3.05, 3.63) is 71.8 Å². The zero-order chi connectivity index (χ0) is 20.5. The second-order valence-electron chi connectivity index (χ2n) is 7.71. The van der Waals surface area contributed by atoms with Gasteiger partial charge in [0.1, 0.15) is 6.10 Å². The van der Waals surface area contributed by atoms with E-state index >= 15 is 0 Å². The number of ether oxygens (including phenoxy) is 3. The zero-order valence-electron chi connectivity index (χ0n) is 16.9. The van der Waals surface area contributed by atoms with Crippen molar-refractivity contribution in [3.63, 3.8) is 0 Å². The van der Waals surface area contributed by atoms with Crippen LogP contribution in [-0.4, -0.2) is 36.5 Å². The summed E-state index contributed by atoms with van der Waals surface area (Å²) in [7, 11) is 0. The third-order valence-electron chi connectivity index (χ3n) is 5.38. The van der Waals surface area contributed by atoms with Gasteiger partial charge in [-0.2, -0.15) is 0 Å². The minimum Gasteiger partial charge on any atom is -0.460 e. The Labute approximate surface area is 172 Å². The molecule has 1 N–H and O–H groups in total. The number of rotatable bonds is 9. The highest BCUT2D eigenvalue weighted by molar-refractivity contribution is 5.66. The molecule has 1 saturated carbocycles. The monoisotopic (exact) mass is 398 g/mol. The van der Waals surface area contributed by atoms with Gasteiger partial charge in [0.15, 0.2) is 0 Å². The van der Waals surface area contributed by atoms with E-state index in [1.807, 2.05) is 60.7 Å². The highest BCUT2D eigenvalue weighted by Crippen LogP contribution is 2.33. The first kappa shape index (κ1) is 21.5. The second kappa shape index (κ2) is 11.1. The van der Waals surface area contributed by atoms with Crippen LogP contribution < -0.4 is 0 Å².